The minimum absolute atomic E-state index is 0.442. The molecule has 132 valence electrons. The van der Waals surface area contributed by atoms with Crippen molar-refractivity contribution in [3.8, 4) is 0 Å². The van der Waals surface area contributed by atoms with E-state index in [0.717, 1.165) is 0 Å². The van der Waals surface area contributed by atoms with E-state index >= 15 is 0 Å². The van der Waals surface area contributed by atoms with Crippen LogP contribution in [-0.2, 0) is 0 Å². The van der Waals surface area contributed by atoms with Crippen LogP contribution in [0.2, 0.25) is 0 Å². The van der Waals surface area contributed by atoms with Crippen LogP contribution in [0, 0.1) is 6.92 Å². The van der Waals surface area contributed by atoms with E-state index in [4.69, 9.17) is 0 Å². The highest BCUT2D eigenvalue weighted by Gasteiger charge is 2.21. The van der Waals surface area contributed by atoms with E-state index in [1.807, 2.05) is 0 Å². The normalized spacial score (nSPS) is 14.2. The smallest absolute Gasteiger partial charge is 0.0428 e. The number of benzene rings is 1. The van der Waals surface area contributed by atoms with Crippen LogP contribution in [0.5, 0.6) is 0 Å². The first kappa shape index (κ1) is 19.9. The zero-order valence-corrected chi connectivity index (χ0v) is 16.8. The molecule has 0 aliphatic heterocycles. The Labute approximate surface area is 144 Å². The van der Waals surface area contributed by atoms with Crippen molar-refractivity contribution in [1.82, 2.24) is 0 Å². The second-order valence-electron chi connectivity index (χ2n) is 7.65. The lowest BCUT2D eigenvalue weighted by atomic mass is 9.86. The average Bonchev–Trinajstić information content (AvgIpc) is 2.49. The lowest BCUT2D eigenvalue weighted by Crippen LogP contribution is -2.19. The predicted molar refractivity (Wildman–Crippen MR) is 106 cm³/mol. The van der Waals surface area contributed by atoms with Crippen LogP contribution < -0.4 is 10.6 Å². The van der Waals surface area contributed by atoms with Gasteiger partial charge in [-0.05, 0) is 76.0 Å². The summed E-state index contributed by atoms with van der Waals surface area (Å²) in [5, 5.41) is 7.43. The van der Waals surface area contributed by atoms with Crippen molar-refractivity contribution in [2.75, 3.05) is 10.6 Å². The van der Waals surface area contributed by atoms with Gasteiger partial charge in [-0.25, -0.2) is 0 Å². The molecule has 0 aliphatic carbocycles. The molecule has 0 amide bonds. The summed E-state index contributed by atoms with van der Waals surface area (Å²) in [5.74, 6) is 1.15. The predicted octanol–water partition coefficient (Wildman–Crippen LogP) is 6.66. The summed E-state index contributed by atoms with van der Waals surface area (Å²) < 4.78 is 0. The summed E-state index contributed by atoms with van der Waals surface area (Å²) in [6.45, 7) is 20.4. The van der Waals surface area contributed by atoms with E-state index in [1.54, 1.807) is 0 Å². The summed E-state index contributed by atoms with van der Waals surface area (Å²) in [6, 6.07) is 3.35. The van der Waals surface area contributed by atoms with Crippen molar-refractivity contribution < 1.29 is 0 Å². The maximum Gasteiger partial charge on any atom is 0.0428 e. The van der Waals surface area contributed by atoms with Gasteiger partial charge in [0.05, 0.1) is 0 Å². The minimum Gasteiger partial charge on any atom is -0.382 e. The van der Waals surface area contributed by atoms with Gasteiger partial charge in [0.2, 0.25) is 0 Å². The Morgan fingerprint density at radius 1 is 0.739 bits per heavy atom. The molecule has 0 aromatic heterocycles. The highest BCUT2D eigenvalue weighted by Crippen LogP contribution is 2.40. The van der Waals surface area contributed by atoms with E-state index in [9.17, 15) is 0 Å². The van der Waals surface area contributed by atoms with Crippen molar-refractivity contribution in [2.24, 2.45) is 0 Å². The van der Waals surface area contributed by atoms with E-state index in [-0.39, 0.29) is 0 Å². The molecule has 1 aromatic carbocycles. The Hall–Kier alpha value is -1.18. The third-order valence-corrected chi connectivity index (χ3v) is 4.79. The fourth-order valence-corrected chi connectivity index (χ4v) is 3.05. The molecule has 2 N–H and O–H groups in total. The molecule has 23 heavy (non-hydrogen) atoms. The van der Waals surface area contributed by atoms with E-state index in [0.29, 0.717) is 23.9 Å². The first-order valence-electron chi connectivity index (χ1n) is 9.43. The molecule has 1 aromatic rings. The van der Waals surface area contributed by atoms with Crippen molar-refractivity contribution in [2.45, 2.75) is 99.1 Å². The van der Waals surface area contributed by atoms with Crippen molar-refractivity contribution in [3.05, 3.63) is 22.8 Å². The number of hydrogen-bond donors (Lipinski definition) is 2. The Kier molecular flexibility index (Phi) is 7.44. The number of rotatable bonds is 8. The van der Waals surface area contributed by atoms with Crippen LogP contribution in [0.3, 0.4) is 0 Å². The van der Waals surface area contributed by atoms with Crippen LogP contribution in [0.15, 0.2) is 6.07 Å². The number of hydrogen-bond acceptors (Lipinski definition) is 2. The molecule has 1 rings (SSSR count). The van der Waals surface area contributed by atoms with Gasteiger partial charge in [-0.15, -0.1) is 0 Å². The Balaban J connectivity index is 3.60. The third kappa shape index (κ3) is 4.89. The van der Waals surface area contributed by atoms with Crippen LogP contribution in [0.1, 0.15) is 96.8 Å². The molecule has 0 saturated carbocycles. The van der Waals surface area contributed by atoms with Gasteiger partial charge in [-0.3, -0.25) is 0 Å². The molecule has 0 fully saturated rings. The topological polar surface area (TPSA) is 24.1 Å². The molecule has 0 aliphatic rings. The van der Waals surface area contributed by atoms with Crippen molar-refractivity contribution >= 4 is 11.4 Å². The summed E-state index contributed by atoms with van der Waals surface area (Å²) in [7, 11) is 0. The minimum atomic E-state index is 0.442. The van der Waals surface area contributed by atoms with Crippen LogP contribution >= 0.6 is 0 Å². The van der Waals surface area contributed by atoms with E-state index in [2.05, 4.69) is 79.0 Å². The Morgan fingerprint density at radius 2 is 1.09 bits per heavy atom. The molecule has 0 heterocycles. The SMILES string of the molecule is CCC(C)c1cc(C(C)CC)c(NC(C)C)c(C)c1NC(C)C. The van der Waals surface area contributed by atoms with Gasteiger partial charge in [0.25, 0.3) is 0 Å². The van der Waals surface area contributed by atoms with Gasteiger partial charge in [-0.1, -0.05) is 33.8 Å². The monoisotopic (exact) mass is 318 g/mol. The van der Waals surface area contributed by atoms with Gasteiger partial charge in [0.1, 0.15) is 0 Å². The second kappa shape index (κ2) is 8.61. The molecule has 0 radical (unpaired) electrons. The quantitative estimate of drug-likeness (QED) is 0.560. The molecule has 0 spiro atoms. The van der Waals surface area contributed by atoms with Gasteiger partial charge >= 0.3 is 0 Å². The molecular formula is C21H38N2. The maximum atomic E-state index is 3.71. The average molecular weight is 319 g/mol. The molecular weight excluding hydrogens is 280 g/mol. The van der Waals surface area contributed by atoms with Gasteiger partial charge in [0.15, 0.2) is 0 Å². The largest absolute Gasteiger partial charge is 0.382 e. The fraction of sp³-hybridized carbons (Fsp3) is 0.714. The van der Waals surface area contributed by atoms with E-state index < -0.39 is 0 Å². The number of nitrogens with one attached hydrogen (secondary N) is 2. The first-order chi connectivity index (χ1) is 10.7. The van der Waals surface area contributed by atoms with Crippen LogP contribution in [0.25, 0.3) is 0 Å². The third-order valence-electron chi connectivity index (χ3n) is 4.79. The summed E-state index contributed by atoms with van der Waals surface area (Å²) in [5.41, 5.74) is 7.00. The lowest BCUT2D eigenvalue weighted by molar-refractivity contribution is 0.708. The molecule has 2 atom stereocenters. The van der Waals surface area contributed by atoms with Gasteiger partial charge < -0.3 is 10.6 Å². The highest BCUT2D eigenvalue weighted by atomic mass is 14.9. The lowest BCUT2D eigenvalue weighted by Gasteiger charge is -2.28. The first-order valence-corrected chi connectivity index (χ1v) is 9.43. The maximum absolute atomic E-state index is 3.71. The zero-order valence-electron chi connectivity index (χ0n) is 16.8. The van der Waals surface area contributed by atoms with Crippen LogP contribution in [0.4, 0.5) is 11.4 Å². The number of anilines is 2. The summed E-state index contributed by atoms with van der Waals surface area (Å²) >= 11 is 0. The van der Waals surface area contributed by atoms with Crippen molar-refractivity contribution in [3.63, 3.8) is 0 Å². The molecule has 2 nitrogen and oxygen atoms in total. The summed E-state index contributed by atoms with van der Waals surface area (Å²) in [4.78, 5) is 0. The molecule has 2 unspecified atom stereocenters. The standard InChI is InChI=1S/C21H38N2/c1-10-15(7)18-12-19(16(8)11-2)21(23-14(5)6)17(9)20(18)22-13(3)4/h12-16,22-23H,10-11H2,1-9H3. The van der Waals surface area contributed by atoms with Crippen molar-refractivity contribution in [1.29, 1.82) is 0 Å². The van der Waals surface area contributed by atoms with Gasteiger partial charge in [-0.2, -0.15) is 0 Å². The highest BCUT2D eigenvalue weighted by molar-refractivity contribution is 5.74. The molecule has 0 bridgehead atoms. The zero-order chi connectivity index (χ0) is 17.7. The van der Waals surface area contributed by atoms with Crippen LogP contribution in [-0.4, -0.2) is 12.1 Å². The molecule has 2 heteroatoms. The fourth-order valence-electron chi connectivity index (χ4n) is 3.05. The van der Waals surface area contributed by atoms with Gasteiger partial charge in [0, 0.05) is 23.5 Å². The molecule has 0 saturated heterocycles. The Morgan fingerprint density at radius 3 is 1.35 bits per heavy atom. The second-order valence-corrected chi connectivity index (χ2v) is 7.65. The van der Waals surface area contributed by atoms with E-state index in [1.165, 1.54) is 40.9 Å². The Bertz CT molecular complexity index is 461. The summed E-state index contributed by atoms with van der Waals surface area (Å²) in [6.07, 6.45) is 2.34.